The summed E-state index contributed by atoms with van der Waals surface area (Å²) < 4.78 is 4.85. The lowest BCUT2D eigenvalue weighted by molar-refractivity contribution is 0.399. The van der Waals surface area contributed by atoms with Gasteiger partial charge in [-0.05, 0) is 24.3 Å². The van der Waals surface area contributed by atoms with Crippen molar-refractivity contribution in [3.05, 3.63) is 47.0 Å². The summed E-state index contributed by atoms with van der Waals surface area (Å²) in [5.74, 6) is 0.610. The van der Waals surface area contributed by atoms with Gasteiger partial charge in [0, 0.05) is 19.5 Å². The van der Waals surface area contributed by atoms with E-state index in [2.05, 4.69) is 9.97 Å². The van der Waals surface area contributed by atoms with E-state index in [1.165, 1.54) is 0 Å². The fourth-order valence-electron chi connectivity index (χ4n) is 0.922. The third-order valence-corrected chi connectivity index (χ3v) is 2.33. The molecular weight excluding hydrogens is 289 g/mol. The molecule has 0 radical (unpaired) electrons. The molecule has 5 nitrogen and oxygen atoms in total. The molecule has 0 aliphatic carbocycles. The minimum atomic E-state index is 0.368. The van der Waals surface area contributed by atoms with Crippen LogP contribution >= 0.6 is 23.2 Å². The molecule has 19 heavy (non-hydrogen) atoms. The number of pyridine rings is 2. The molecule has 2 aromatic rings. The van der Waals surface area contributed by atoms with Crippen molar-refractivity contribution in [1.82, 2.24) is 9.97 Å². The van der Waals surface area contributed by atoms with Gasteiger partial charge in [0.1, 0.15) is 0 Å². The maximum Gasteiger partial charge on any atom is 0.171 e. The Morgan fingerprint density at radius 3 is 1.89 bits per heavy atom. The van der Waals surface area contributed by atoms with Crippen LogP contribution in [0.2, 0.25) is 10.3 Å². The summed E-state index contributed by atoms with van der Waals surface area (Å²) in [6, 6.07) is 6.97. The number of hydrogen-bond donors (Lipinski definition) is 2. The van der Waals surface area contributed by atoms with Gasteiger partial charge < -0.3 is 15.6 Å². The molecule has 0 aromatic carbocycles. The monoisotopic (exact) mass is 303 g/mol. The van der Waals surface area contributed by atoms with E-state index in [1.807, 2.05) is 0 Å². The Balaban J connectivity index is 0.000000303. The quantitative estimate of drug-likeness (QED) is 0.792. The second-order valence-corrected chi connectivity index (χ2v) is 3.60. The lowest BCUT2D eigenvalue weighted by Crippen LogP contribution is -1.85. The fraction of sp³-hybridized carbons (Fsp3) is 0.167. The molecule has 2 aromatic heterocycles. The highest BCUT2D eigenvalue weighted by molar-refractivity contribution is 6.31. The maximum absolute atomic E-state index is 7.00. The third-order valence-electron chi connectivity index (χ3n) is 1.73. The van der Waals surface area contributed by atoms with Crippen LogP contribution < -0.4 is 10.5 Å². The van der Waals surface area contributed by atoms with Gasteiger partial charge in [-0.2, -0.15) is 0 Å². The normalized spacial score (nSPS) is 8.47. The zero-order valence-corrected chi connectivity index (χ0v) is 12.1. The van der Waals surface area contributed by atoms with E-state index in [-0.39, 0.29) is 0 Å². The lowest BCUT2D eigenvalue weighted by atomic mass is 10.4. The summed E-state index contributed by atoms with van der Waals surface area (Å²) in [6.07, 6.45) is 3.21. The number of nitrogens with two attached hydrogens (primary N) is 1. The first kappa shape index (κ1) is 17.4. The SMILES string of the molecule is CO.COc1cccnc1Cl.Nc1cccnc1Cl. The molecular formula is C12H15Cl2N3O2. The minimum Gasteiger partial charge on any atom is -0.494 e. The summed E-state index contributed by atoms with van der Waals surface area (Å²) in [5.41, 5.74) is 5.85. The number of nitrogens with zero attached hydrogens (tertiary/aromatic N) is 2. The van der Waals surface area contributed by atoms with Crippen LogP contribution in [0.25, 0.3) is 0 Å². The first-order valence-corrected chi connectivity index (χ1v) is 5.86. The van der Waals surface area contributed by atoms with E-state index in [1.54, 1.807) is 43.8 Å². The highest BCUT2D eigenvalue weighted by Crippen LogP contribution is 2.18. The van der Waals surface area contributed by atoms with Gasteiger partial charge in [-0.25, -0.2) is 9.97 Å². The molecule has 0 fully saturated rings. The van der Waals surface area contributed by atoms with Gasteiger partial charge in [0.25, 0.3) is 0 Å². The van der Waals surface area contributed by atoms with Crippen LogP contribution in [0.15, 0.2) is 36.7 Å². The number of hydrogen-bond acceptors (Lipinski definition) is 5. The number of aromatic nitrogens is 2. The number of aliphatic hydroxyl groups is 1. The summed E-state index contributed by atoms with van der Waals surface area (Å²) in [5, 5.41) is 7.77. The number of methoxy groups -OCH3 is 1. The molecule has 0 bridgehead atoms. The van der Waals surface area contributed by atoms with Crippen LogP contribution in [0.1, 0.15) is 0 Å². The topological polar surface area (TPSA) is 81.3 Å². The zero-order valence-electron chi connectivity index (χ0n) is 10.5. The van der Waals surface area contributed by atoms with Crippen LogP contribution in [-0.4, -0.2) is 29.3 Å². The average Bonchev–Trinajstić information content (AvgIpc) is 2.46. The highest BCUT2D eigenvalue weighted by atomic mass is 35.5. The molecule has 0 aliphatic rings. The van der Waals surface area contributed by atoms with Crippen molar-refractivity contribution < 1.29 is 9.84 Å². The highest BCUT2D eigenvalue weighted by Gasteiger charge is 1.95. The summed E-state index contributed by atoms with van der Waals surface area (Å²) in [6.45, 7) is 0. The molecule has 2 heterocycles. The molecule has 3 N–H and O–H groups in total. The first-order chi connectivity index (χ1) is 9.15. The molecule has 0 amide bonds. The average molecular weight is 304 g/mol. The van der Waals surface area contributed by atoms with E-state index < -0.39 is 0 Å². The van der Waals surface area contributed by atoms with Gasteiger partial charge in [0.05, 0.1) is 12.8 Å². The molecule has 104 valence electrons. The molecule has 0 spiro atoms. The van der Waals surface area contributed by atoms with Crippen LogP contribution in [0.5, 0.6) is 5.75 Å². The van der Waals surface area contributed by atoms with Gasteiger partial charge in [0.15, 0.2) is 16.1 Å². The van der Waals surface area contributed by atoms with Crippen molar-refractivity contribution in [3.8, 4) is 5.75 Å². The Morgan fingerprint density at radius 2 is 1.58 bits per heavy atom. The molecule has 0 aliphatic heterocycles. The Kier molecular flexibility index (Phi) is 9.52. The number of rotatable bonds is 1. The molecule has 0 atom stereocenters. The Labute approximate surface area is 122 Å². The van der Waals surface area contributed by atoms with E-state index in [0.717, 1.165) is 7.11 Å². The molecule has 7 heteroatoms. The number of nitrogen functional groups attached to an aromatic ring is 1. The van der Waals surface area contributed by atoms with Crippen LogP contribution in [0.4, 0.5) is 5.69 Å². The molecule has 0 unspecified atom stereocenters. The second kappa shape index (κ2) is 10.4. The molecule has 0 saturated carbocycles. The third kappa shape index (κ3) is 6.81. The van der Waals surface area contributed by atoms with E-state index >= 15 is 0 Å². The summed E-state index contributed by atoms with van der Waals surface area (Å²) >= 11 is 11.1. The number of halogens is 2. The zero-order chi connectivity index (χ0) is 14.7. The van der Waals surface area contributed by atoms with Crippen molar-refractivity contribution in [3.63, 3.8) is 0 Å². The Hall–Kier alpha value is -1.56. The van der Waals surface area contributed by atoms with Gasteiger partial charge in [-0.15, -0.1) is 0 Å². The van der Waals surface area contributed by atoms with E-state index in [9.17, 15) is 0 Å². The number of aliphatic hydroxyl groups excluding tert-OH is 1. The summed E-state index contributed by atoms with van der Waals surface area (Å²) in [7, 11) is 2.56. The molecule has 0 saturated heterocycles. The smallest absolute Gasteiger partial charge is 0.171 e. The minimum absolute atomic E-state index is 0.368. The van der Waals surface area contributed by atoms with Gasteiger partial charge in [-0.3, -0.25) is 0 Å². The Bertz CT molecular complexity index is 463. The predicted octanol–water partition coefficient (Wildman–Crippen LogP) is 2.67. The van der Waals surface area contributed by atoms with Crippen molar-refractivity contribution in [1.29, 1.82) is 0 Å². The van der Waals surface area contributed by atoms with Crippen molar-refractivity contribution in [2.45, 2.75) is 0 Å². The van der Waals surface area contributed by atoms with Crippen molar-refractivity contribution in [2.24, 2.45) is 0 Å². The first-order valence-electron chi connectivity index (χ1n) is 5.10. The second-order valence-electron chi connectivity index (χ2n) is 2.88. The predicted molar refractivity (Wildman–Crippen MR) is 77.6 cm³/mol. The summed E-state index contributed by atoms with van der Waals surface area (Å²) in [4.78, 5) is 7.51. The van der Waals surface area contributed by atoms with Crippen LogP contribution in [-0.2, 0) is 0 Å². The van der Waals surface area contributed by atoms with Gasteiger partial charge in [0.2, 0.25) is 0 Å². The standard InChI is InChI=1S/C6H6ClNO.C5H5ClN2.CH4O/c1-9-5-3-2-4-8-6(5)7;6-5-4(7)2-1-3-8-5;1-2/h2-4H,1H3;1-3H,7H2;2H,1H3. The fourth-order valence-corrected chi connectivity index (χ4v) is 1.24. The maximum atomic E-state index is 7.00. The van der Waals surface area contributed by atoms with E-state index in [4.69, 9.17) is 38.8 Å². The van der Waals surface area contributed by atoms with Crippen molar-refractivity contribution >= 4 is 28.9 Å². The van der Waals surface area contributed by atoms with E-state index in [0.29, 0.717) is 21.7 Å². The number of anilines is 1. The van der Waals surface area contributed by atoms with Gasteiger partial charge >= 0.3 is 0 Å². The lowest BCUT2D eigenvalue weighted by Gasteiger charge is -1.97. The van der Waals surface area contributed by atoms with Crippen molar-refractivity contribution in [2.75, 3.05) is 20.0 Å². The van der Waals surface area contributed by atoms with Crippen LogP contribution in [0.3, 0.4) is 0 Å². The Morgan fingerprint density at radius 1 is 1.05 bits per heavy atom. The van der Waals surface area contributed by atoms with Crippen LogP contribution in [0, 0.1) is 0 Å². The molecule has 2 rings (SSSR count). The van der Waals surface area contributed by atoms with Gasteiger partial charge in [-0.1, -0.05) is 23.2 Å². The number of ether oxygens (including phenoxy) is 1. The largest absolute Gasteiger partial charge is 0.494 e.